The minimum absolute atomic E-state index is 0.151. The lowest BCUT2D eigenvalue weighted by molar-refractivity contribution is 0.0989. The number of anilines is 2. The molecule has 0 bridgehead atoms. The van der Waals surface area contributed by atoms with Crippen molar-refractivity contribution in [3.05, 3.63) is 52.5 Å². The average molecular weight is 458 g/mol. The second-order valence-electron chi connectivity index (χ2n) is 6.85. The Balaban J connectivity index is 1.95. The second kappa shape index (κ2) is 7.60. The van der Waals surface area contributed by atoms with Gasteiger partial charge in [0, 0.05) is 32.0 Å². The summed E-state index contributed by atoms with van der Waals surface area (Å²) >= 11 is 6.18. The highest BCUT2D eigenvalue weighted by molar-refractivity contribution is 7.92. The van der Waals surface area contributed by atoms with Gasteiger partial charge < -0.3 is 4.90 Å². The molecule has 1 heterocycles. The van der Waals surface area contributed by atoms with Crippen LogP contribution in [0.15, 0.2) is 41.3 Å². The summed E-state index contributed by atoms with van der Waals surface area (Å²) in [7, 11) is -4.17. The van der Waals surface area contributed by atoms with Crippen LogP contribution in [0, 0.1) is 0 Å². The van der Waals surface area contributed by atoms with Gasteiger partial charge in [0.1, 0.15) is 0 Å². The highest BCUT2D eigenvalue weighted by Crippen LogP contribution is 2.33. The van der Waals surface area contributed by atoms with E-state index in [4.69, 9.17) is 11.6 Å². The number of carbonyl (C=O) groups excluding carboxylic acids is 1. The third kappa shape index (κ3) is 4.40. The van der Waals surface area contributed by atoms with E-state index >= 15 is 0 Å². The minimum Gasteiger partial charge on any atom is -0.308 e. The van der Waals surface area contributed by atoms with Gasteiger partial charge in [-0.1, -0.05) is 11.6 Å². The molecule has 0 unspecified atom stereocenters. The van der Waals surface area contributed by atoms with Gasteiger partial charge in [0.05, 0.1) is 21.7 Å². The molecule has 0 spiro atoms. The lowest BCUT2D eigenvalue weighted by atomic mass is 10.1. The van der Waals surface area contributed by atoms with Gasteiger partial charge in [-0.3, -0.25) is 9.52 Å². The maximum absolute atomic E-state index is 13.1. The molecule has 1 aliphatic heterocycles. The van der Waals surface area contributed by atoms with Gasteiger partial charge in [-0.2, -0.15) is 0 Å². The van der Waals surface area contributed by atoms with Gasteiger partial charge >= 0.3 is 0 Å². The number of nitrogens with zero attached hydrogens (tertiary/aromatic N) is 2. The average Bonchev–Trinajstić information content (AvgIpc) is 3.04. The van der Waals surface area contributed by atoms with Crippen LogP contribution >= 0.6 is 11.6 Å². The van der Waals surface area contributed by atoms with Gasteiger partial charge in [-0.15, -0.1) is 0 Å². The Morgan fingerprint density at radius 2 is 1.79 bits per heavy atom. The van der Waals surface area contributed by atoms with Gasteiger partial charge in [0.25, 0.3) is 5.91 Å². The molecule has 1 amide bonds. The van der Waals surface area contributed by atoms with E-state index < -0.39 is 26.0 Å². The predicted molar refractivity (Wildman–Crippen MR) is 113 cm³/mol. The van der Waals surface area contributed by atoms with Crippen molar-refractivity contribution in [2.45, 2.75) is 11.3 Å². The molecule has 2 aromatic rings. The van der Waals surface area contributed by atoms with Crippen molar-refractivity contribution < 1.29 is 21.6 Å². The van der Waals surface area contributed by atoms with Crippen molar-refractivity contribution in [3.8, 4) is 0 Å². The summed E-state index contributed by atoms with van der Waals surface area (Å²) in [5, 5.41) is 0.189. The van der Waals surface area contributed by atoms with Crippen LogP contribution in [0.3, 0.4) is 0 Å². The molecule has 2 aromatic carbocycles. The number of sulfonamides is 2. The summed E-state index contributed by atoms with van der Waals surface area (Å²) in [4.78, 5) is 14.7. The van der Waals surface area contributed by atoms with Crippen LogP contribution in [0.2, 0.25) is 5.02 Å². The summed E-state index contributed by atoms with van der Waals surface area (Å²) in [5.41, 5.74) is 1.72. The molecule has 8 nitrogen and oxygen atoms in total. The first-order valence-electron chi connectivity index (χ1n) is 8.55. The minimum atomic E-state index is -3.57. The van der Waals surface area contributed by atoms with Crippen LogP contribution in [0.25, 0.3) is 0 Å². The van der Waals surface area contributed by atoms with Crippen molar-refractivity contribution in [2.75, 3.05) is 36.5 Å². The van der Waals surface area contributed by atoms with Crippen molar-refractivity contribution in [2.24, 2.45) is 0 Å². The zero-order chi connectivity index (χ0) is 21.6. The Labute approximate surface area is 175 Å². The lowest BCUT2D eigenvalue weighted by Crippen LogP contribution is -2.29. The molecule has 1 aliphatic rings. The van der Waals surface area contributed by atoms with E-state index in [1.54, 1.807) is 12.1 Å². The highest BCUT2D eigenvalue weighted by Gasteiger charge is 2.29. The molecule has 1 N–H and O–H groups in total. The fourth-order valence-electron chi connectivity index (χ4n) is 3.07. The van der Waals surface area contributed by atoms with Gasteiger partial charge in [0.15, 0.2) is 0 Å². The van der Waals surface area contributed by atoms with E-state index in [1.807, 2.05) is 0 Å². The monoisotopic (exact) mass is 457 g/mol. The molecule has 0 saturated carbocycles. The summed E-state index contributed by atoms with van der Waals surface area (Å²) in [6.45, 7) is 0.361. The van der Waals surface area contributed by atoms with Gasteiger partial charge in [-0.05, 0) is 48.4 Å². The fourth-order valence-corrected chi connectivity index (χ4v) is 4.78. The number of hydrogen-bond acceptors (Lipinski definition) is 5. The summed E-state index contributed by atoms with van der Waals surface area (Å²) < 4.78 is 51.0. The maximum atomic E-state index is 13.1. The summed E-state index contributed by atoms with van der Waals surface area (Å²) in [6, 6.07) is 8.93. The SMILES string of the molecule is CN(C)S(=O)(=O)c1ccc2c(c1)CCN2C(=O)c1cc(NS(C)(=O)=O)ccc1Cl. The number of fused-ring (bicyclic) bond motifs is 1. The molecule has 29 heavy (non-hydrogen) atoms. The van der Waals surface area contributed by atoms with Crippen molar-refractivity contribution in [1.29, 1.82) is 0 Å². The topological polar surface area (TPSA) is 104 Å². The molecule has 0 radical (unpaired) electrons. The van der Waals surface area contributed by atoms with Crippen molar-refractivity contribution >= 4 is 48.9 Å². The Hall–Kier alpha value is -2.14. The molecule has 0 aliphatic carbocycles. The number of halogens is 1. The zero-order valence-electron chi connectivity index (χ0n) is 16.0. The van der Waals surface area contributed by atoms with Crippen LogP contribution in [0.5, 0.6) is 0 Å². The van der Waals surface area contributed by atoms with E-state index in [0.29, 0.717) is 18.7 Å². The zero-order valence-corrected chi connectivity index (χ0v) is 18.4. The third-order valence-electron chi connectivity index (χ3n) is 4.47. The molecule has 3 rings (SSSR count). The smallest absolute Gasteiger partial charge is 0.259 e. The van der Waals surface area contributed by atoms with Crippen LogP contribution in [-0.4, -0.2) is 53.9 Å². The van der Waals surface area contributed by atoms with Crippen LogP contribution < -0.4 is 9.62 Å². The van der Waals surface area contributed by atoms with E-state index in [0.717, 1.165) is 16.1 Å². The number of carbonyl (C=O) groups is 1. The number of amides is 1. The Bertz CT molecular complexity index is 1190. The second-order valence-corrected chi connectivity index (χ2v) is 11.2. The summed E-state index contributed by atoms with van der Waals surface area (Å²) in [5.74, 6) is -0.394. The van der Waals surface area contributed by atoms with Crippen molar-refractivity contribution in [3.63, 3.8) is 0 Å². The van der Waals surface area contributed by atoms with E-state index in [2.05, 4.69) is 4.72 Å². The first-order valence-corrected chi connectivity index (χ1v) is 12.3. The Morgan fingerprint density at radius 3 is 2.41 bits per heavy atom. The number of rotatable bonds is 5. The molecule has 0 saturated heterocycles. The quantitative estimate of drug-likeness (QED) is 0.740. The maximum Gasteiger partial charge on any atom is 0.259 e. The fraction of sp³-hybridized carbons (Fsp3) is 0.278. The molecule has 156 valence electrons. The normalized spacial score (nSPS) is 14.2. The lowest BCUT2D eigenvalue weighted by Gasteiger charge is -2.19. The van der Waals surface area contributed by atoms with Gasteiger partial charge in [0.2, 0.25) is 20.0 Å². The van der Waals surface area contributed by atoms with Crippen LogP contribution in [0.1, 0.15) is 15.9 Å². The van der Waals surface area contributed by atoms with E-state index in [1.165, 1.54) is 43.3 Å². The Morgan fingerprint density at radius 1 is 1.10 bits per heavy atom. The van der Waals surface area contributed by atoms with Crippen LogP contribution in [-0.2, 0) is 26.5 Å². The predicted octanol–water partition coefficient (Wildman–Crippen LogP) is 2.16. The first-order chi connectivity index (χ1) is 13.4. The Kier molecular flexibility index (Phi) is 5.65. The molecule has 0 fully saturated rings. The summed E-state index contributed by atoms with van der Waals surface area (Å²) in [6.07, 6.45) is 1.51. The number of hydrogen-bond donors (Lipinski definition) is 1. The van der Waals surface area contributed by atoms with Crippen molar-refractivity contribution in [1.82, 2.24) is 4.31 Å². The standard InChI is InChI=1S/C18H20ClN3O5S2/c1-21(2)29(26,27)14-5-7-17-12(10-14)8-9-22(17)18(23)15-11-13(4-6-16(15)19)20-28(3,24)25/h4-7,10-11,20H,8-9H2,1-3H3. The van der Waals surface area contributed by atoms with E-state index in [-0.39, 0.29) is 21.2 Å². The third-order valence-corrected chi connectivity index (χ3v) is 7.22. The molecule has 0 aromatic heterocycles. The number of benzene rings is 2. The van der Waals surface area contributed by atoms with Gasteiger partial charge in [-0.25, -0.2) is 21.1 Å². The first kappa shape index (κ1) is 21.6. The molecule has 11 heteroatoms. The molecular weight excluding hydrogens is 438 g/mol. The largest absolute Gasteiger partial charge is 0.308 e. The molecule has 0 atom stereocenters. The number of nitrogens with one attached hydrogen (secondary N) is 1. The molecular formula is C18H20ClN3O5S2. The van der Waals surface area contributed by atoms with E-state index in [9.17, 15) is 21.6 Å². The highest BCUT2D eigenvalue weighted by atomic mass is 35.5. The van der Waals surface area contributed by atoms with Crippen LogP contribution in [0.4, 0.5) is 11.4 Å².